The predicted octanol–water partition coefficient (Wildman–Crippen LogP) is 1.13. The third kappa shape index (κ3) is 3.95. The number of rotatable bonds is 4. The number of benzene rings is 1. The first-order valence-electron chi connectivity index (χ1n) is 7.89. The molecule has 0 radical (unpaired) electrons. The number of nitrogens with zero attached hydrogens (tertiary/aromatic N) is 2. The lowest BCUT2D eigenvalue weighted by Crippen LogP contribution is -2.46. The number of carbonyl (C=O) groups is 1. The van der Waals surface area contributed by atoms with E-state index in [4.69, 9.17) is 0 Å². The van der Waals surface area contributed by atoms with Crippen LogP contribution in [0.2, 0.25) is 0 Å². The largest absolute Gasteiger partial charge is 0.372 e. The average Bonchev–Trinajstić information content (AvgIpc) is 3.03. The molecule has 0 atom stereocenters. The third-order valence-corrected chi connectivity index (χ3v) is 4.20. The van der Waals surface area contributed by atoms with Gasteiger partial charge in [0.05, 0.1) is 6.54 Å². The standard InChI is InChI=1S/C16H24N4O/c21-16(13-19-11-7-17-8-12-19)18-14-3-5-15(6-4-14)20-9-1-2-10-20/h3-6,17H,1-2,7-13H2,(H,18,21). The minimum atomic E-state index is 0.0748. The van der Waals surface area contributed by atoms with Gasteiger partial charge in [0.1, 0.15) is 0 Å². The highest BCUT2D eigenvalue weighted by Crippen LogP contribution is 2.21. The Balaban J connectivity index is 1.50. The Morgan fingerprint density at radius 1 is 1.05 bits per heavy atom. The van der Waals surface area contributed by atoms with Crippen LogP contribution in [0.25, 0.3) is 0 Å². The van der Waals surface area contributed by atoms with Crippen LogP contribution in [-0.2, 0) is 4.79 Å². The molecule has 0 bridgehead atoms. The number of carbonyl (C=O) groups excluding carboxylic acids is 1. The van der Waals surface area contributed by atoms with Crippen LogP contribution in [0.15, 0.2) is 24.3 Å². The van der Waals surface area contributed by atoms with Gasteiger partial charge in [0.2, 0.25) is 5.91 Å². The zero-order chi connectivity index (χ0) is 14.5. The first-order chi connectivity index (χ1) is 10.3. The number of amides is 1. The van der Waals surface area contributed by atoms with E-state index in [2.05, 4.69) is 32.6 Å². The molecule has 1 aromatic carbocycles. The molecule has 0 saturated carbocycles. The van der Waals surface area contributed by atoms with Crippen molar-refractivity contribution in [3.05, 3.63) is 24.3 Å². The summed E-state index contributed by atoms with van der Waals surface area (Å²) in [6.07, 6.45) is 2.56. The highest BCUT2D eigenvalue weighted by atomic mass is 16.2. The van der Waals surface area contributed by atoms with Crippen LogP contribution in [0.3, 0.4) is 0 Å². The highest BCUT2D eigenvalue weighted by molar-refractivity contribution is 5.92. The quantitative estimate of drug-likeness (QED) is 0.872. The molecule has 0 unspecified atom stereocenters. The Hall–Kier alpha value is -1.59. The molecule has 0 spiro atoms. The summed E-state index contributed by atoms with van der Waals surface area (Å²) in [5.41, 5.74) is 2.14. The Morgan fingerprint density at radius 2 is 1.71 bits per heavy atom. The second kappa shape index (κ2) is 6.91. The molecule has 1 aromatic rings. The maximum absolute atomic E-state index is 12.0. The summed E-state index contributed by atoms with van der Waals surface area (Å²) in [5.74, 6) is 0.0748. The van der Waals surface area contributed by atoms with E-state index in [1.165, 1.54) is 18.5 Å². The zero-order valence-corrected chi connectivity index (χ0v) is 12.5. The fraction of sp³-hybridized carbons (Fsp3) is 0.562. The minimum Gasteiger partial charge on any atom is -0.372 e. The predicted molar refractivity (Wildman–Crippen MR) is 85.8 cm³/mol. The number of hydrogen-bond donors (Lipinski definition) is 2. The van der Waals surface area contributed by atoms with Gasteiger partial charge in [0.15, 0.2) is 0 Å². The molecule has 2 aliphatic rings. The van der Waals surface area contributed by atoms with E-state index in [1.54, 1.807) is 0 Å². The molecule has 21 heavy (non-hydrogen) atoms. The summed E-state index contributed by atoms with van der Waals surface area (Å²) in [4.78, 5) is 16.6. The lowest BCUT2D eigenvalue weighted by Gasteiger charge is -2.26. The molecule has 3 rings (SSSR count). The number of anilines is 2. The van der Waals surface area contributed by atoms with Crippen LogP contribution in [0.5, 0.6) is 0 Å². The van der Waals surface area contributed by atoms with Crippen molar-refractivity contribution in [2.75, 3.05) is 56.0 Å². The van der Waals surface area contributed by atoms with Gasteiger partial charge in [-0.25, -0.2) is 0 Å². The highest BCUT2D eigenvalue weighted by Gasteiger charge is 2.14. The topological polar surface area (TPSA) is 47.6 Å². The molecule has 2 N–H and O–H groups in total. The van der Waals surface area contributed by atoms with Gasteiger partial charge in [-0.05, 0) is 37.1 Å². The number of piperazine rings is 1. The molecule has 2 aliphatic heterocycles. The van der Waals surface area contributed by atoms with Crippen molar-refractivity contribution in [2.24, 2.45) is 0 Å². The van der Waals surface area contributed by atoms with E-state index in [1.807, 2.05) is 12.1 Å². The van der Waals surface area contributed by atoms with E-state index in [-0.39, 0.29) is 5.91 Å². The number of nitrogens with one attached hydrogen (secondary N) is 2. The normalized spacial score (nSPS) is 19.7. The van der Waals surface area contributed by atoms with E-state index in [0.29, 0.717) is 6.54 Å². The fourth-order valence-electron chi connectivity index (χ4n) is 3.00. The van der Waals surface area contributed by atoms with Crippen LogP contribution >= 0.6 is 0 Å². The van der Waals surface area contributed by atoms with Gasteiger partial charge in [0, 0.05) is 50.6 Å². The smallest absolute Gasteiger partial charge is 0.238 e. The first-order valence-corrected chi connectivity index (χ1v) is 7.89. The maximum atomic E-state index is 12.0. The molecule has 114 valence electrons. The van der Waals surface area contributed by atoms with Crippen LogP contribution in [0.4, 0.5) is 11.4 Å². The fourth-order valence-corrected chi connectivity index (χ4v) is 3.00. The van der Waals surface area contributed by atoms with Crippen molar-refractivity contribution in [2.45, 2.75) is 12.8 Å². The number of hydrogen-bond acceptors (Lipinski definition) is 4. The van der Waals surface area contributed by atoms with E-state index < -0.39 is 0 Å². The maximum Gasteiger partial charge on any atom is 0.238 e. The molecule has 5 nitrogen and oxygen atoms in total. The third-order valence-electron chi connectivity index (χ3n) is 4.20. The molecule has 0 aromatic heterocycles. The van der Waals surface area contributed by atoms with Crippen LogP contribution in [-0.4, -0.2) is 56.6 Å². The zero-order valence-electron chi connectivity index (χ0n) is 12.5. The molecular formula is C16H24N4O. The van der Waals surface area contributed by atoms with Gasteiger partial charge in [-0.15, -0.1) is 0 Å². The summed E-state index contributed by atoms with van der Waals surface area (Å²) in [6, 6.07) is 8.21. The molecule has 5 heteroatoms. The van der Waals surface area contributed by atoms with Gasteiger partial charge in [-0.3, -0.25) is 9.69 Å². The van der Waals surface area contributed by atoms with Crippen molar-refractivity contribution in [1.82, 2.24) is 10.2 Å². The Morgan fingerprint density at radius 3 is 2.38 bits per heavy atom. The Labute approximate surface area is 126 Å². The van der Waals surface area contributed by atoms with Gasteiger partial charge in [-0.1, -0.05) is 0 Å². The van der Waals surface area contributed by atoms with Crippen LogP contribution < -0.4 is 15.5 Å². The monoisotopic (exact) mass is 288 g/mol. The molecule has 2 heterocycles. The van der Waals surface area contributed by atoms with Gasteiger partial charge >= 0.3 is 0 Å². The van der Waals surface area contributed by atoms with Crippen LogP contribution in [0, 0.1) is 0 Å². The van der Waals surface area contributed by atoms with Gasteiger partial charge in [0.25, 0.3) is 0 Å². The summed E-state index contributed by atoms with van der Waals surface area (Å²) >= 11 is 0. The lowest BCUT2D eigenvalue weighted by molar-refractivity contribution is -0.117. The summed E-state index contributed by atoms with van der Waals surface area (Å²) in [7, 11) is 0. The van der Waals surface area contributed by atoms with E-state index in [0.717, 1.165) is 45.0 Å². The second-order valence-corrected chi connectivity index (χ2v) is 5.82. The molecule has 1 amide bonds. The Kier molecular flexibility index (Phi) is 4.72. The summed E-state index contributed by atoms with van der Waals surface area (Å²) < 4.78 is 0. The minimum absolute atomic E-state index is 0.0748. The van der Waals surface area contributed by atoms with Crippen LogP contribution in [0.1, 0.15) is 12.8 Å². The van der Waals surface area contributed by atoms with Gasteiger partial charge in [-0.2, -0.15) is 0 Å². The average molecular weight is 288 g/mol. The first kappa shape index (κ1) is 14.4. The van der Waals surface area contributed by atoms with Crippen molar-refractivity contribution in [3.8, 4) is 0 Å². The Bertz CT molecular complexity index is 462. The summed E-state index contributed by atoms with van der Waals surface area (Å²) in [5, 5.41) is 6.28. The molecule has 2 fully saturated rings. The second-order valence-electron chi connectivity index (χ2n) is 5.82. The van der Waals surface area contributed by atoms with E-state index >= 15 is 0 Å². The molecular weight excluding hydrogens is 264 g/mol. The molecule has 2 saturated heterocycles. The molecule has 0 aliphatic carbocycles. The van der Waals surface area contributed by atoms with Crippen molar-refractivity contribution in [1.29, 1.82) is 0 Å². The lowest BCUT2D eigenvalue weighted by atomic mass is 10.2. The van der Waals surface area contributed by atoms with Crippen molar-refractivity contribution < 1.29 is 4.79 Å². The summed E-state index contributed by atoms with van der Waals surface area (Å²) in [6.45, 7) is 6.61. The van der Waals surface area contributed by atoms with E-state index in [9.17, 15) is 4.79 Å². The van der Waals surface area contributed by atoms with Crippen molar-refractivity contribution >= 4 is 17.3 Å². The van der Waals surface area contributed by atoms with Gasteiger partial charge < -0.3 is 15.5 Å². The van der Waals surface area contributed by atoms with Crippen molar-refractivity contribution in [3.63, 3.8) is 0 Å². The SMILES string of the molecule is O=C(CN1CCNCC1)Nc1ccc(N2CCCC2)cc1.